The van der Waals surface area contributed by atoms with Crippen LogP contribution >= 0.6 is 0 Å². The third-order valence-electron chi connectivity index (χ3n) is 8.88. The highest BCUT2D eigenvalue weighted by atomic mass is 16.6. The fourth-order valence-electron chi connectivity index (χ4n) is 7.28. The Bertz CT molecular complexity index is 1690. The minimum atomic E-state index is -1.07. The first-order chi connectivity index (χ1) is 18.5. The average molecular weight is 499 g/mol. The van der Waals surface area contributed by atoms with Gasteiger partial charge in [0, 0.05) is 52.1 Å². The number of para-hydroxylation sites is 1. The van der Waals surface area contributed by atoms with Gasteiger partial charge >= 0.3 is 5.97 Å². The topological polar surface area (TPSA) is 34.5 Å². The number of rotatable bonds is 4. The third kappa shape index (κ3) is 2.72. The summed E-state index contributed by atoms with van der Waals surface area (Å²) >= 11 is 0. The molecule has 4 heterocycles. The lowest BCUT2D eigenvalue weighted by molar-refractivity contribution is -0.0626. The van der Waals surface area contributed by atoms with Crippen molar-refractivity contribution in [1.82, 2.24) is 9.47 Å². The Kier molecular flexibility index (Phi) is 4.87. The number of nitrogens with zero attached hydrogens (tertiary/aromatic N) is 2. The zero-order valence-electron chi connectivity index (χ0n) is 21.9. The lowest BCUT2D eigenvalue weighted by atomic mass is 9.63. The molecule has 0 saturated heterocycles. The number of benzene rings is 3. The molecule has 4 nitrogen and oxygen atoms in total. The number of carbonyl (C=O) groups excluding carboxylic acids is 1. The number of hydrogen-bond acceptors (Lipinski definition) is 3. The second-order valence-corrected chi connectivity index (χ2v) is 10.5. The Morgan fingerprint density at radius 1 is 0.921 bits per heavy atom. The van der Waals surface area contributed by atoms with Crippen LogP contribution in [0.25, 0.3) is 10.9 Å². The Balaban J connectivity index is 1.64. The summed E-state index contributed by atoms with van der Waals surface area (Å²) in [6, 6.07) is 27.1. The van der Waals surface area contributed by atoms with E-state index in [4.69, 9.17) is 4.74 Å². The molecule has 3 aliphatic rings. The van der Waals surface area contributed by atoms with E-state index in [0.717, 1.165) is 40.0 Å². The smallest absolute Gasteiger partial charge is 0.339 e. The van der Waals surface area contributed by atoms with E-state index in [2.05, 4.69) is 121 Å². The summed E-state index contributed by atoms with van der Waals surface area (Å²) in [5.41, 5.74) is 5.44. The van der Waals surface area contributed by atoms with Crippen LogP contribution in [0.2, 0.25) is 0 Å². The van der Waals surface area contributed by atoms with E-state index >= 15 is 0 Å². The van der Waals surface area contributed by atoms with Gasteiger partial charge in [0.05, 0.1) is 5.56 Å². The molecule has 188 valence electrons. The molecule has 0 aliphatic carbocycles. The molecule has 0 amide bonds. The Hall–Kier alpha value is -4.31. The zero-order chi connectivity index (χ0) is 26.1. The first kappa shape index (κ1) is 22.9. The van der Waals surface area contributed by atoms with Crippen molar-refractivity contribution in [2.45, 2.75) is 44.4 Å². The van der Waals surface area contributed by atoms with Gasteiger partial charge in [-0.3, -0.25) is 0 Å². The molecule has 0 N–H and O–H groups in total. The van der Waals surface area contributed by atoms with Gasteiger partial charge in [-0.15, -0.1) is 0 Å². The van der Waals surface area contributed by atoms with Crippen LogP contribution in [0.3, 0.4) is 0 Å². The normalized spacial score (nSPS) is 25.4. The summed E-state index contributed by atoms with van der Waals surface area (Å²) in [5, 5.41) is 1.12. The van der Waals surface area contributed by atoms with Crippen LogP contribution in [0, 0.1) is 6.92 Å². The highest BCUT2D eigenvalue weighted by molar-refractivity contribution is 5.98. The highest BCUT2D eigenvalue weighted by Gasteiger charge is 2.67. The number of esters is 1. The summed E-state index contributed by atoms with van der Waals surface area (Å²) in [6.45, 7) is 7.44. The van der Waals surface area contributed by atoms with Crippen molar-refractivity contribution >= 4 is 16.9 Å². The molecule has 0 radical (unpaired) electrons. The monoisotopic (exact) mass is 498 g/mol. The minimum absolute atomic E-state index is 0.0480. The van der Waals surface area contributed by atoms with Crippen molar-refractivity contribution in [2.24, 2.45) is 0 Å². The predicted octanol–water partition coefficient (Wildman–Crippen LogP) is 7.21. The number of carbonyl (C=O) groups is 1. The molecule has 3 aromatic carbocycles. The Morgan fingerprint density at radius 2 is 1.66 bits per heavy atom. The molecule has 3 aliphatic heterocycles. The predicted molar refractivity (Wildman–Crippen MR) is 151 cm³/mol. The molecule has 0 fully saturated rings. The maximum Gasteiger partial charge on any atom is 0.339 e. The highest BCUT2D eigenvalue weighted by Crippen LogP contribution is 2.62. The lowest BCUT2D eigenvalue weighted by Crippen LogP contribution is -2.60. The maximum atomic E-state index is 13.8. The van der Waals surface area contributed by atoms with Crippen LogP contribution in [0.1, 0.15) is 52.5 Å². The van der Waals surface area contributed by atoms with Gasteiger partial charge in [0.25, 0.3) is 0 Å². The number of hydrogen-bond donors (Lipinski definition) is 0. The van der Waals surface area contributed by atoms with E-state index in [1.165, 1.54) is 5.56 Å². The standard InChI is InChI=1S/C34H30N2O2/c1-4-35-23(2)31(27-18-9-11-20-30(27)35)34(28-19-10-8-17-26(28)32(37)38-34)33(3)29(24-14-6-5-7-15-24)22-25-16-12-13-21-36(25)33/h5-22,29H,4H2,1-3H3. The van der Waals surface area contributed by atoms with Gasteiger partial charge in [-0.1, -0.05) is 78.9 Å². The first-order valence-electron chi connectivity index (χ1n) is 13.3. The van der Waals surface area contributed by atoms with Gasteiger partial charge in [-0.05, 0) is 50.6 Å². The molecule has 0 bridgehead atoms. The second kappa shape index (κ2) is 8.09. The van der Waals surface area contributed by atoms with Crippen LogP contribution in [-0.2, 0) is 16.9 Å². The molecule has 4 heteroatoms. The molecular weight excluding hydrogens is 468 g/mol. The molecule has 0 spiro atoms. The van der Waals surface area contributed by atoms with Crippen LogP contribution in [-0.4, -0.2) is 21.0 Å². The van der Waals surface area contributed by atoms with Gasteiger partial charge in [-0.25, -0.2) is 4.79 Å². The van der Waals surface area contributed by atoms with Crippen molar-refractivity contribution in [3.05, 3.63) is 143 Å². The summed E-state index contributed by atoms with van der Waals surface area (Å²) in [7, 11) is 0. The molecule has 0 saturated carbocycles. The van der Waals surface area contributed by atoms with E-state index < -0.39 is 11.1 Å². The largest absolute Gasteiger partial charge is 0.443 e. The van der Waals surface area contributed by atoms with Crippen LogP contribution < -0.4 is 0 Å². The van der Waals surface area contributed by atoms with Crippen LogP contribution in [0.5, 0.6) is 0 Å². The first-order valence-corrected chi connectivity index (χ1v) is 13.3. The Labute approximate surface area is 223 Å². The van der Waals surface area contributed by atoms with Gasteiger partial charge < -0.3 is 14.2 Å². The molecule has 3 unspecified atom stereocenters. The van der Waals surface area contributed by atoms with Crippen LogP contribution in [0.15, 0.2) is 115 Å². The summed E-state index contributed by atoms with van der Waals surface area (Å²) in [5.74, 6) is -0.320. The number of aromatic nitrogens is 1. The summed E-state index contributed by atoms with van der Waals surface area (Å²) in [4.78, 5) is 16.1. The van der Waals surface area contributed by atoms with Gasteiger partial charge in [0.2, 0.25) is 0 Å². The van der Waals surface area contributed by atoms with Gasteiger partial charge in [-0.2, -0.15) is 0 Å². The summed E-state index contributed by atoms with van der Waals surface area (Å²) in [6.07, 6.45) is 10.8. The van der Waals surface area contributed by atoms with Gasteiger partial charge in [0.15, 0.2) is 5.60 Å². The second-order valence-electron chi connectivity index (χ2n) is 10.5. The van der Waals surface area contributed by atoms with E-state index in [1.54, 1.807) is 0 Å². The zero-order valence-corrected chi connectivity index (χ0v) is 21.9. The van der Waals surface area contributed by atoms with Crippen LogP contribution in [0.4, 0.5) is 0 Å². The molecular formula is C34H30N2O2. The average Bonchev–Trinajstić information content (AvgIpc) is 3.55. The molecule has 1 aromatic heterocycles. The number of fused-ring (bicyclic) bond motifs is 3. The Morgan fingerprint density at radius 3 is 2.47 bits per heavy atom. The van der Waals surface area contributed by atoms with E-state index in [0.29, 0.717) is 5.56 Å². The van der Waals surface area contributed by atoms with Crippen molar-refractivity contribution in [2.75, 3.05) is 0 Å². The molecule has 38 heavy (non-hydrogen) atoms. The lowest BCUT2D eigenvalue weighted by Gasteiger charge is -2.52. The summed E-state index contributed by atoms with van der Waals surface area (Å²) < 4.78 is 9.20. The molecule has 7 rings (SSSR count). The van der Waals surface area contributed by atoms with E-state index in [-0.39, 0.29) is 11.9 Å². The fourth-order valence-corrected chi connectivity index (χ4v) is 7.28. The van der Waals surface area contributed by atoms with Crippen molar-refractivity contribution in [3.63, 3.8) is 0 Å². The van der Waals surface area contributed by atoms with Gasteiger partial charge in [0.1, 0.15) is 5.54 Å². The molecule has 3 atom stereocenters. The minimum Gasteiger partial charge on any atom is -0.443 e. The maximum absolute atomic E-state index is 13.8. The fraction of sp³-hybridized carbons (Fsp3) is 0.206. The van der Waals surface area contributed by atoms with Crippen molar-refractivity contribution in [1.29, 1.82) is 0 Å². The van der Waals surface area contributed by atoms with E-state index in [9.17, 15) is 4.79 Å². The third-order valence-corrected chi connectivity index (χ3v) is 8.88. The number of cyclic esters (lactones) is 1. The van der Waals surface area contributed by atoms with Crippen molar-refractivity contribution in [3.8, 4) is 0 Å². The van der Waals surface area contributed by atoms with Crippen molar-refractivity contribution < 1.29 is 9.53 Å². The number of ether oxygens (including phenoxy) is 1. The number of aryl methyl sites for hydroxylation is 1. The SMILES string of the molecule is CCn1c(C)c(C2(C3(C)C(c4ccccc4)C=C4C=CC=CN43)OC(=O)c3ccccc32)c2ccccc21. The molecule has 4 aromatic rings. The van der Waals surface area contributed by atoms with E-state index in [1.807, 2.05) is 18.2 Å². The number of allylic oxidation sites excluding steroid dienone is 3. The quantitative estimate of drug-likeness (QED) is 0.279.